The van der Waals surface area contributed by atoms with Gasteiger partial charge in [0, 0.05) is 0 Å². The van der Waals surface area contributed by atoms with Crippen molar-refractivity contribution in [2.75, 3.05) is 6.61 Å². The Morgan fingerprint density at radius 2 is 2.31 bits per heavy atom. The molecule has 0 bridgehead atoms. The molecule has 13 heavy (non-hydrogen) atoms. The summed E-state index contributed by atoms with van der Waals surface area (Å²) in [7, 11) is 0. The molecule has 5 nitrogen and oxygen atoms in total. The first kappa shape index (κ1) is 10.2. The van der Waals surface area contributed by atoms with Gasteiger partial charge in [-0.25, -0.2) is 0 Å². The third kappa shape index (κ3) is 2.80. The molecule has 0 aliphatic carbocycles. The highest BCUT2D eigenvalue weighted by Gasteiger charge is 2.27. The van der Waals surface area contributed by atoms with E-state index in [-0.39, 0.29) is 12.9 Å². The largest absolute Gasteiger partial charge is 0.505 e. The van der Waals surface area contributed by atoms with Gasteiger partial charge in [0.05, 0.1) is 6.61 Å². The molecule has 0 aromatic carbocycles. The van der Waals surface area contributed by atoms with Gasteiger partial charge in [-0.2, -0.15) is 0 Å². The molecule has 2 N–H and O–H groups in total. The summed E-state index contributed by atoms with van der Waals surface area (Å²) in [6.07, 6.45) is -0.524. The van der Waals surface area contributed by atoms with E-state index in [1.54, 1.807) is 6.92 Å². The first-order valence-electron chi connectivity index (χ1n) is 3.94. The van der Waals surface area contributed by atoms with Crippen LogP contribution in [0.25, 0.3) is 0 Å². The van der Waals surface area contributed by atoms with Gasteiger partial charge in [-0.1, -0.05) is 0 Å². The molecule has 74 valence electrons. The van der Waals surface area contributed by atoms with E-state index in [0.29, 0.717) is 0 Å². The van der Waals surface area contributed by atoms with Gasteiger partial charge < -0.3 is 19.7 Å². The molecule has 0 saturated carbocycles. The summed E-state index contributed by atoms with van der Waals surface area (Å²) in [5, 5.41) is 18.2. The van der Waals surface area contributed by atoms with Crippen LogP contribution in [-0.4, -0.2) is 41.6 Å². The van der Waals surface area contributed by atoms with Gasteiger partial charge in [0.1, 0.15) is 12.2 Å². The van der Waals surface area contributed by atoms with E-state index >= 15 is 0 Å². The maximum absolute atomic E-state index is 10.1. The molecule has 1 saturated heterocycles. The fourth-order valence-electron chi connectivity index (χ4n) is 1.04. The minimum atomic E-state index is -0.849. The monoisotopic (exact) mass is 188 g/mol. The Morgan fingerprint density at radius 1 is 1.62 bits per heavy atom. The van der Waals surface area contributed by atoms with Gasteiger partial charge in [0.25, 0.3) is 0 Å². The average Bonchev–Trinajstić information content (AvgIpc) is 2.11. The Balaban J connectivity index is 2.60. The van der Waals surface area contributed by atoms with Crippen LogP contribution in [0.1, 0.15) is 6.92 Å². The fraction of sp³-hybridized carbons (Fsp3) is 0.625. The summed E-state index contributed by atoms with van der Waals surface area (Å²) in [6, 6.07) is 0. The molecule has 0 radical (unpaired) electrons. The van der Waals surface area contributed by atoms with Gasteiger partial charge >= 0.3 is 0 Å². The van der Waals surface area contributed by atoms with Gasteiger partial charge in [-0.3, -0.25) is 4.79 Å². The molecule has 0 spiro atoms. The number of carbonyl (C=O) groups excluding carboxylic acids is 1. The summed E-state index contributed by atoms with van der Waals surface area (Å²) < 4.78 is 10.1. The zero-order valence-corrected chi connectivity index (χ0v) is 7.21. The molecule has 1 aliphatic rings. The lowest BCUT2D eigenvalue weighted by atomic mass is 10.2. The zero-order chi connectivity index (χ0) is 9.84. The second-order valence-electron chi connectivity index (χ2n) is 2.78. The second-order valence-corrected chi connectivity index (χ2v) is 2.78. The lowest BCUT2D eigenvalue weighted by molar-refractivity contribution is -0.231. The van der Waals surface area contributed by atoms with Gasteiger partial charge in [-0.05, 0) is 13.0 Å². The second kappa shape index (κ2) is 4.36. The van der Waals surface area contributed by atoms with Crippen LogP contribution >= 0.6 is 0 Å². The van der Waals surface area contributed by atoms with Crippen LogP contribution < -0.4 is 0 Å². The van der Waals surface area contributed by atoms with E-state index in [1.807, 2.05) is 0 Å². The predicted molar refractivity (Wildman–Crippen MR) is 43.1 cm³/mol. The van der Waals surface area contributed by atoms with E-state index in [0.717, 1.165) is 6.08 Å². The van der Waals surface area contributed by atoms with Crippen LogP contribution in [0, 0.1) is 0 Å². The average molecular weight is 188 g/mol. The van der Waals surface area contributed by atoms with Crippen molar-refractivity contribution in [2.24, 2.45) is 0 Å². The van der Waals surface area contributed by atoms with Crippen molar-refractivity contribution in [2.45, 2.75) is 25.4 Å². The number of hydrogen-bond donors (Lipinski definition) is 2. The highest BCUT2D eigenvalue weighted by molar-refractivity contribution is 5.69. The van der Waals surface area contributed by atoms with Crippen LogP contribution in [0.5, 0.6) is 0 Å². The molecule has 1 fully saturated rings. The molecule has 1 aliphatic heterocycles. The van der Waals surface area contributed by atoms with Gasteiger partial charge in [0.15, 0.2) is 18.3 Å². The lowest BCUT2D eigenvalue weighted by Gasteiger charge is -2.30. The summed E-state index contributed by atoms with van der Waals surface area (Å²) in [4.78, 5) is 10.1. The molecular weight excluding hydrogens is 176 g/mol. The van der Waals surface area contributed by atoms with Crippen LogP contribution in [0.15, 0.2) is 11.8 Å². The zero-order valence-electron chi connectivity index (χ0n) is 7.21. The Labute approximate surface area is 75.6 Å². The number of aliphatic hydroxyl groups excluding tert-OH is 2. The Kier molecular flexibility index (Phi) is 3.41. The SMILES string of the molecule is CC1OCC(O)C(/C=C(/O)C=O)O1. The van der Waals surface area contributed by atoms with Crippen molar-refractivity contribution in [3.8, 4) is 0 Å². The lowest BCUT2D eigenvalue weighted by Crippen LogP contribution is -2.41. The number of ether oxygens (including phenoxy) is 2. The van der Waals surface area contributed by atoms with E-state index in [2.05, 4.69) is 0 Å². The minimum Gasteiger partial charge on any atom is -0.505 e. The molecule has 0 aromatic rings. The number of carbonyl (C=O) groups is 1. The number of aliphatic hydroxyl groups is 2. The topological polar surface area (TPSA) is 76.0 Å². The summed E-state index contributed by atoms with van der Waals surface area (Å²) >= 11 is 0. The molecule has 5 heteroatoms. The van der Waals surface area contributed by atoms with Gasteiger partial charge in [0.2, 0.25) is 0 Å². The van der Waals surface area contributed by atoms with Crippen LogP contribution in [0.4, 0.5) is 0 Å². The number of rotatable bonds is 2. The number of hydrogen-bond acceptors (Lipinski definition) is 5. The van der Waals surface area contributed by atoms with Crippen molar-refractivity contribution in [1.29, 1.82) is 0 Å². The highest BCUT2D eigenvalue weighted by Crippen LogP contribution is 2.14. The van der Waals surface area contributed by atoms with E-state index in [4.69, 9.17) is 14.6 Å². The maximum atomic E-state index is 10.1. The van der Waals surface area contributed by atoms with Crippen molar-refractivity contribution < 1.29 is 24.5 Å². The quantitative estimate of drug-likeness (QED) is 0.355. The maximum Gasteiger partial charge on any atom is 0.184 e. The van der Waals surface area contributed by atoms with Crippen LogP contribution in [0.2, 0.25) is 0 Å². The summed E-state index contributed by atoms with van der Waals surface area (Å²) in [5.41, 5.74) is 0. The molecule has 3 atom stereocenters. The van der Waals surface area contributed by atoms with Crippen LogP contribution in [-0.2, 0) is 14.3 Å². The number of allylic oxidation sites excluding steroid dienone is 1. The van der Waals surface area contributed by atoms with E-state index in [1.165, 1.54) is 0 Å². The Bertz CT molecular complexity index is 213. The molecule has 1 rings (SSSR count). The predicted octanol–water partition coefficient (Wildman–Crippen LogP) is -0.251. The van der Waals surface area contributed by atoms with Crippen molar-refractivity contribution in [3.05, 3.63) is 11.8 Å². The van der Waals surface area contributed by atoms with Crippen molar-refractivity contribution in [1.82, 2.24) is 0 Å². The summed E-state index contributed by atoms with van der Waals surface area (Å²) in [6.45, 7) is 1.80. The van der Waals surface area contributed by atoms with Crippen molar-refractivity contribution in [3.63, 3.8) is 0 Å². The normalized spacial score (nSPS) is 35.8. The standard InChI is InChI=1S/C8H12O5/c1-5-12-4-7(11)8(13-5)2-6(10)3-9/h2-3,5,7-8,10-11H,4H2,1H3/b6-2+. The molecule has 3 unspecified atom stereocenters. The van der Waals surface area contributed by atoms with Gasteiger partial charge in [-0.15, -0.1) is 0 Å². The third-order valence-electron chi connectivity index (χ3n) is 1.69. The molecule has 0 aromatic heterocycles. The first-order valence-corrected chi connectivity index (χ1v) is 3.94. The van der Waals surface area contributed by atoms with Crippen molar-refractivity contribution >= 4 is 6.29 Å². The molecule has 1 heterocycles. The van der Waals surface area contributed by atoms with E-state index < -0.39 is 24.3 Å². The Morgan fingerprint density at radius 3 is 2.92 bits per heavy atom. The number of aldehydes is 1. The molecule has 0 amide bonds. The third-order valence-corrected chi connectivity index (χ3v) is 1.69. The summed E-state index contributed by atoms with van der Waals surface area (Å²) in [5.74, 6) is -0.446. The van der Waals surface area contributed by atoms with Crippen LogP contribution in [0.3, 0.4) is 0 Å². The first-order chi connectivity index (χ1) is 6.13. The minimum absolute atomic E-state index is 0.133. The molecular formula is C8H12O5. The smallest absolute Gasteiger partial charge is 0.184 e. The Hall–Kier alpha value is -0.910. The van der Waals surface area contributed by atoms with E-state index in [9.17, 15) is 9.90 Å². The fourth-order valence-corrected chi connectivity index (χ4v) is 1.04. The highest BCUT2D eigenvalue weighted by atomic mass is 16.7.